The molecule has 4 heteroatoms. The highest BCUT2D eigenvalue weighted by Crippen LogP contribution is 2.28. The highest BCUT2D eigenvalue weighted by atomic mass is 16.5. The fourth-order valence-corrected chi connectivity index (χ4v) is 1.70. The van der Waals surface area contributed by atoms with Gasteiger partial charge in [-0.1, -0.05) is 30.3 Å². The normalized spacial score (nSPS) is 15.8. The van der Waals surface area contributed by atoms with Gasteiger partial charge in [0.1, 0.15) is 0 Å². The summed E-state index contributed by atoms with van der Waals surface area (Å²) in [7, 11) is 0. The Balaban J connectivity index is 1.96. The van der Waals surface area contributed by atoms with Gasteiger partial charge in [-0.2, -0.15) is 0 Å². The maximum atomic E-state index is 11.8. The first-order valence-corrected chi connectivity index (χ1v) is 5.54. The van der Waals surface area contributed by atoms with Crippen molar-refractivity contribution in [2.75, 3.05) is 5.32 Å². The number of carbonyl (C=O) groups excluding carboxylic acids is 1. The van der Waals surface area contributed by atoms with Gasteiger partial charge in [-0.05, 0) is 23.8 Å². The Bertz CT molecular complexity index is 621. The van der Waals surface area contributed by atoms with E-state index in [1.54, 1.807) is 24.4 Å². The molecule has 1 aliphatic heterocycles. The molecule has 3 rings (SSSR count). The fraction of sp³-hybridized carbons (Fsp3) is 0. The predicted octanol–water partition coefficient (Wildman–Crippen LogP) is 2.45. The molecule has 0 spiro atoms. The van der Waals surface area contributed by atoms with Crippen molar-refractivity contribution in [2.45, 2.75) is 0 Å². The summed E-state index contributed by atoms with van der Waals surface area (Å²) >= 11 is 0. The molecule has 0 unspecified atom stereocenters. The lowest BCUT2D eigenvalue weighted by Crippen LogP contribution is -2.24. The molecule has 0 bridgehead atoms. The lowest BCUT2D eigenvalue weighted by molar-refractivity contribution is -0.115. The molecule has 1 aromatic carbocycles. The number of amides is 1. The zero-order valence-corrected chi connectivity index (χ0v) is 9.46. The molecule has 0 fully saturated rings. The SMILES string of the molecule is O=C1Nc2ncccc2OC1=Cc1ccccc1. The van der Waals surface area contributed by atoms with E-state index in [2.05, 4.69) is 10.3 Å². The first kappa shape index (κ1) is 10.5. The molecule has 1 aliphatic rings. The number of nitrogens with one attached hydrogen (secondary N) is 1. The van der Waals surface area contributed by atoms with E-state index in [-0.39, 0.29) is 11.7 Å². The van der Waals surface area contributed by atoms with Crippen molar-refractivity contribution >= 4 is 17.8 Å². The number of carbonyl (C=O) groups is 1. The number of anilines is 1. The highest BCUT2D eigenvalue weighted by molar-refractivity contribution is 6.07. The lowest BCUT2D eigenvalue weighted by Gasteiger charge is -2.18. The summed E-state index contributed by atoms with van der Waals surface area (Å²) in [6.07, 6.45) is 3.31. The minimum atomic E-state index is -0.287. The molecule has 4 nitrogen and oxygen atoms in total. The van der Waals surface area contributed by atoms with Crippen LogP contribution in [-0.4, -0.2) is 10.9 Å². The van der Waals surface area contributed by atoms with Crippen LogP contribution < -0.4 is 10.1 Å². The number of nitrogens with zero attached hydrogens (tertiary/aromatic N) is 1. The van der Waals surface area contributed by atoms with Crippen molar-refractivity contribution in [1.29, 1.82) is 0 Å². The van der Waals surface area contributed by atoms with Crippen LogP contribution in [0.2, 0.25) is 0 Å². The highest BCUT2D eigenvalue weighted by Gasteiger charge is 2.22. The first-order chi connectivity index (χ1) is 8.83. The Morgan fingerprint density at radius 3 is 2.78 bits per heavy atom. The van der Waals surface area contributed by atoms with Crippen LogP contribution in [-0.2, 0) is 4.79 Å². The second kappa shape index (κ2) is 4.33. The van der Waals surface area contributed by atoms with E-state index in [9.17, 15) is 4.79 Å². The van der Waals surface area contributed by atoms with Crippen LogP contribution in [0.15, 0.2) is 54.4 Å². The Hall–Kier alpha value is -2.62. The third-order valence-electron chi connectivity index (χ3n) is 2.54. The van der Waals surface area contributed by atoms with Crippen LogP contribution in [0, 0.1) is 0 Å². The van der Waals surface area contributed by atoms with E-state index in [0.717, 1.165) is 5.56 Å². The average molecular weight is 238 g/mol. The zero-order valence-electron chi connectivity index (χ0n) is 9.46. The topological polar surface area (TPSA) is 51.2 Å². The Labute approximate surface area is 104 Å². The number of aromatic nitrogens is 1. The molecule has 0 atom stereocenters. The van der Waals surface area contributed by atoms with Gasteiger partial charge in [0.25, 0.3) is 5.91 Å². The van der Waals surface area contributed by atoms with Crippen LogP contribution in [0.4, 0.5) is 5.82 Å². The average Bonchev–Trinajstić information content (AvgIpc) is 2.41. The van der Waals surface area contributed by atoms with E-state index in [4.69, 9.17) is 4.74 Å². The zero-order chi connectivity index (χ0) is 12.4. The number of hydrogen-bond acceptors (Lipinski definition) is 3. The third-order valence-corrected chi connectivity index (χ3v) is 2.54. The molecule has 88 valence electrons. The van der Waals surface area contributed by atoms with E-state index >= 15 is 0 Å². The monoisotopic (exact) mass is 238 g/mol. The van der Waals surface area contributed by atoms with Crippen molar-refractivity contribution in [3.05, 3.63) is 60.0 Å². The second-order valence-electron chi connectivity index (χ2n) is 3.83. The number of ether oxygens (including phenoxy) is 1. The van der Waals surface area contributed by atoms with Crippen LogP contribution in [0.1, 0.15) is 5.56 Å². The van der Waals surface area contributed by atoms with Gasteiger partial charge in [0.2, 0.25) is 0 Å². The van der Waals surface area contributed by atoms with Crippen molar-refractivity contribution in [3.8, 4) is 5.75 Å². The standard InChI is InChI=1S/C14H10N2O2/c17-14-12(9-10-5-2-1-3-6-10)18-11-7-4-8-15-13(11)16-14/h1-9H,(H,15,16,17). The molecule has 18 heavy (non-hydrogen) atoms. The molecule has 0 saturated carbocycles. The smallest absolute Gasteiger partial charge is 0.292 e. The fourth-order valence-electron chi connectivity index (χ4n) is 1.70. The van der Waals surface area contributed by atoms with Gasteiger partial charge in [0, 0.05) is 6.20 Å². The summed E-state index contributed by atoms with van der Waals surface area (Å²) in [5.74, 6) is 0.985. The summed E-state index contributed by atoms with van der Waals surface area (Å²) < 4.78 is 5.53. The van der Waals surface area contributed by atoms with Crippen LogP contribution in [0.3, 0.4) is 0 Å². The number of benzene rings is 1. The van der Waals surface area contributed by atoms with Gasteiger partial charge in [-0.25, -0.2) is 4.98 Å². The van der Waals surface area contributed by atoms with E-state index < -0.39 is 0 Å². The van der Waals surface area contributed by atoms with Gasteiger partial charge >= 0.3 is 0 Å². The molecule has 2 heterocycles. The lowest BCUT2D eigenvalue weighted by atomic mass is 10.2. The molecule has 0 radical (unpaired) electrons. The molecular formula is C14H10N2O2. The predicted molar refractivity (Wildman–Crippen MR) is 67.9 cm³/mol. The van der Waals surface area contributed by atoms with Crippen molar-refractivity contribution in [2.24, 2.45) is 0 Å². The van der Waals surface area contributed by atoms with Crippen LogP contribution >= 0.6 is 0 Å². The van der Waals surface area contributed by atoms with Crippen LogP contribution in [0.25, 0.3) is 6.08 Å². The number of pyridine rings is 1. The number of fused-ring (bicyclic) bond motifs is 1. The molecule has 1 aromatic heterocycles. The van der Waals surface area contributed by atoms with E-state index in [0.29, 0.717) is 11.6 Å². The van der Waals surface area contributed by atoms with Crippen molar-refractivity contribution in [3.63, 3.8) is 0 Å². The molecule has 1 N–H and O–H groups in total. The first-order valence-electron chi connectivity index (χ1n) is 5.54. The third kappa shape index (κ3) is 1.96. The van der Waals surface area contributed by atoms with Crippen molar-refractivity contribution < 1.29 is 9.53 Å². The van der Waals surface area contributed by atoms with E-state index in [1.165, 1.54) is 0 Å². The summed E-state index contributed by atoms with van der Waals surface area (Å²) in [5, 5.41) is 2.69. The Morgan fingerprint density at radius 2 is 1.94 bits per heavy atom. The summed E-state index contributed by atoms with van der Waals surface area (Å²) in [6, 6.07) is 13.1. The molecule has 2 aromatic rings. The summed E-state index contributed by atoms with van der Waals surface area (Å²) in [6.45, 7) is 0. The quantitative estimate of drug-likeness (QED) is 0.776. The molecule has 1 amide bonds. The Morgan fingerprint density at radius 1 is 1.11 bits per heavy atom. The minimum Gasteiger partial charge on any atom is -0.448 e. The number of hydrogen-bond donors (Lipinski definition) is 1. The van der Waals surface area contributed by atoms with E-state index in [1.807, 2.05) is 30.3 Å². The molecule has 0 aliphatic carbocycles. The maximum absolute atomic E-state index is 11.8. The van der Waals surface area contributed by atoms with Gasteiger partial charge in [0.05, 0.1) is 0 Å². The van der Waals surface area contributed by atoms with Crippen LogP contribution in [0.5, 0.6) is 5.75 Å². The second-order valence-corrected chi connectivity index (χ2v) is 3.83. The molecule has 0 saturated heterocycles. The Kier molecular flexibility index (Phi) is 2.53. The maximum Gasteiger partial charge on any atom is 0.292 e. The minimum absolute atomic E-state index is 0.265. The van der Waals surface area contributed by atoms with Crippen molar-refractivity contribution in [1.82, 2.24) is 4.98 Å². The number of rotatable bonds is 1. The summed E-state index contributed by atoms with van der Waals surface area (Å²) in [5.41, 5.74) is 0.912. The van der Waals surface area contributed by atoms with Gasteiger partial charge in [0.15, 0.2) is 17.3 Å². The largest absolute Gasteiger partial charge is 0.448 e. The molecular weight excluding hydrogens is 228 g/mol. The van der Waals surface area contributed by atoms with Gasteiger partial charge < -0.3 is 10.1 Å². The summed E-state index contributed by atoms with van der Waals surface area (Å²) in [4.78, 5) is 15.8. The van der Waals surface area contributed by atoms with Gasteiger partial charge in [-0.15, -0.1) is 0 Å². The van der Waals surface area contributed by atoms with Gasteiger partial charge in [-0.3, -0.25) is 4.79 Å².